The molecular weight excluding hydrogens is 402 g/mol. The third-order valence-electron chi connectivity index (χ3n) is 4.33. The number of carbonyl (C=O) groups excluding carboxylic acids is 1. The van der Waals surface area contributed by atoms with Crippen LogP contribution in [0.25, 0.3) is 6.08 Å². The summed E-state index contributed by atoms with van der Waals surface area (Å²) in [4.78, 5) is 26.2. The first kappa shape index (κ1) is 20.0. The fourth-order valence-electron chi connectivity index (χ4n) is 2.91. The van der Waals surface area contributed by atoms with Crippen LogP contribution in [0, 0.1) is 0 Å². The largest absolute Gasteiger partial charge is 0.485 e. The van der Waals surface area contributed by atoms with E-state index in [2.05, 4.69) is 0 Å². The average Bonchev–Trinajstić information content (AvgIpc) is 2.90. The van der Waals surface area contributed by atoms with E-state index >= 15 is 0 Å². The molecule has 5 nitrogen and oxygen atoms in total. The number of benzene rings is 1. The number of carboxylic acid groups (broad SMARTS) is 1. The number of fused-ring (bicyclic) bond motifs is 1. The second-order valence-electron chi connectivity index (χ2n) is 6.13. The maximum Gasteiger partial charge on any atom is 0.326 e. The quantitative estimate of drug-likeness (QED) is 0.553. The van der Waals surface area contributed by atoms with E-state index in [1.54, 1.807) is 17.8 Å². The minimum Gasteiger partial charge on any atom is -0.485 e. The van der Waals surface area contributed by atoms with Crippen LogP contribution in [0.5, 0.6) is 5.75 Å². The Labute approximate surface area is 171 Å². The van der Waals surface area contributed by atoms with E-state index in [4.69, 9.17) is 17.0 Å². The molecule has 0 aliphatic carbocycles. The third kappa shape index (κ3) is 4.23. The Hall–Kier alpha value is -1.77. The number of aliphatic carboxylic acids is 1. The van der Waals surface area contributed by atoms with E-state index in [9.17, 15) is 14.7 Å². The molecule has 1 fully saturated rings. The Morgan fingerprint density at radius 2 is 2.22 bits per heavy atom. The van der Waals surface area contributed by atoms with Gasteiger partial charge in [0.05, 0.1) is 4.91 Å². The summed E-state index contributed by atoms with van der Waals surface area (Å²) in [6.45, 7) is 1.91. The van der Waals surface area contributed by atoms with Gasteiger partial charge in [-0.2, -0.15) is 11.8 Å². The lowest BCUT2D eigenvalue weighted by atomic mass is 10.0. The number of para-hydroxylation sites is 1. The van der Waals surface area contributed by atoms with Crippen molar-refractivity contribution in [3.63, 3.8) is 0 Å². The molecule has 0 aromatic heterocycles. The second-order valence-corrected chi connectivity index (χ2v) is 8.79. The monoisotopic (exact) mass is 421 g/mol. The Morgan fingerprint density at radius 1 is 1.48 bits per heavy atom. The fourth-order valence-corrected chi connectivity index (χ4v) is 4.73. The van der Waals surface area contributed by atoms with Gasteiger partial charge in [0.1, 0.15) is 22.2 Å². The van der Waals surface area contributed by atoms with Crippen LogP contribution in [0.3, 0.4) is 0 Å². The van der Waals surface area contributed by atoms with Gasteiger partial charge in [-0.05, 0) is 49.1 Å². The van der Waals surface area contributed by atoms with Crippen molar-refractivity contribution in [2.24, 2.45) is 0 Å². The van der Waals surface area contributed by atoms with Crippen LogP contribution in [0.4, 0.5) is 0 Å². The minimum atomic E-state index is -1.04. The number of thiocarbonyl (C=S) groups is 1. The van der Waals surface area contributed by atoms with Gasteiger partial charge < -0.3 is 9.84 Å². The predicted molar refractivity (Wildman–Crippen MR) is 114 cm³/mol. The van der Waals surface area contributed by atoms with E-state index in [-0.39, 0.29) is 16.3 Å². The van der Waals surface area contributed by atoms with Crippen molar-refractivity contribution < 1.29 is 19.4 Å². The number of rotatable bonds is 6. The van der Waals surface area contributed by atoms with Crippen molar-refractivity contribution in [3.05, 3.63) is 46.4 Å². The number of thioether (sulfide) groups is 2. The summed E-state index contributed by atoms with van der Waals surface area (Å²) < 4.78 is 6.19. The molecule has 27 heavy (non-hydrogen) atoms. The van der Waals surface area contributed by atoms with E-state index < -0.39 is 12.0 Å². The zero-order valence-corrected chi connectivity index (χ0v) is 17.3. The Morgan fingerprint density at radius 3 is 2.93 bits per heavy atom. The van der Waals surface area contributed by atoms with Crippen LogP contribution in [0.15, 0.2) is 40.8 Å². The van der Waals surface area contributed by atoms with Crippen LogP contribution in [0.2, 0.25) is 0 Å². The van der Waals surface area contributed by atoms with Crippen LogP contribution in [-0.4, -0.2) is 50.4 Å². The summed E-state index contributed by atoms with van der Waals surface area (Å²) in [7, 11) is 0. The predicted octanol–water partition coefficient (Wildman–Crippen LogP) is 3.80. The summed E-state index contributed by atoms with van der Waals surface area (Å²) in [6.07, 6.45) is 5.78. The minimum absolute atomic E-state index is 0.213. The van der Waals surface area contributed by atoms with E-state index in [1.165, 1.54) is 4.90 Å². The summed E-state index contributed by atoms with van der Waals surface area (Å²) in [6, 6.07) is 6.75. The number of carbonyl (C=O) groups is 2. The summed E-state index contributed by atoms with van der Waals surface area (Å²) in [5.41, 5.74) is 1.80. The van der Waals surface area contributed by atoms with Crippen molar-refractivity contribution in [3.8, 4) is 5.75 Å². The van der Waals surface area contributed by atoms with E-state index in [1.807, 2.05) is 43.5 Å². The van der Waals surface area contributed by atoms with Gasteiger partial charge in [-0.25, -0.2) is 4.79 Å². The van der Waals surface area contributed by atoms with Crippen molar-refractivity contribution in [2.75, 3.05) is 12.0 Å². The SMILES string of the molecule is CSCC[C@@H](C(=O)O)N1C(=O)/C(=C/C2=Cc3ccccc3O[C@H]2C)SC1=S. The average molecular weight is 422 g/mol. The number of ether oxygens (including phenoxy) is 1. The molecular formula is C19H19NO4S3. The van der Waals surface area contributed by atoms with Gasteiger partial charge in [-0.3, -0.25) is 9.69 Å². The highest BCUT2D eigenvalue weighted by atomic mass is 32.2. The van der Waals surface area contributed by atoms with Gasteiger partial charge in [-0.1, -0.05) is 42.2 Å². The highest BCUT2D eigenvalue weighted by Crippen LogP contribution is 2.37. The number of hydrogen-bond donors (Lipinski definition) is 1. The van der Waals surface area contributed by atoms with E-state index in [0.29, 0.717) is 17.1 Å². The van der Waals surface area contributed by atoms with Crippen LogP contribution < -0.4 is 4.74 Å². The lowest BCUT2D eigenvalue weighted by Crippen LogP contribution is -2.44. The molecule has 2 aliphatic heterocycles. The van der Waals surface area contributed by atoms with Crippen LogP contribution in [0.1, 0.15) is 18.9 Å². The standard InChI is InChI=1S/C19H19NO4S3/c1-11-13(9-12-5-3-4-6-15(12)24-11)10-16-17(21)20(19(25)27-16)14(18(22)23)7-8-26-2/h3-6,9-11,14H,7-8H2,1-2H3,(H,22,23)/b16-10-/t11-,14-/m0/s1. The lowest BCUT2D eigenvalue weighted by molar-refractivity contribution is -0.145. The Kier molecular flexibility index (Phi) is 6.29. The molecule has 8 heteroatoms. The van der Waals surface area contributed by atoms with Gasteiger partial charge in [-0.15, -0.1) is 0 Å². The first-order valence-electron chi connectivity index (χ1n) is 8.38. The van der Waals surface area contributed by atoms with Crippen molar-refractivity contribution >= 4 is 58.0 Å². The molecule has 1 aromatic carbocycles. The Bertz CT molecular complexity index is 849. The van der Waals surface area contributed by atoms with Gasteiger partial charge in [0, 0.05) is 5.56 Å². The smallest absolute Gasteiger partial charge is 0.326 e. The number of nitrogens with zero attached hydrogens (tertiary/aromatic N) is 1. The molecule has 2 aliphatic rings. The molecule has 142 valence electrons. The maximum absolute atomic E-state index is 12.9. The molecule has 0 radical (unpaired) electrons. The molecule has 0 bridgehead atoms. The molecule has 0 saturated carbocycles. The van der Waals surface area contributed by atoms with E-state index in [0.717, 1.165) is 28.6 Å². The first-order valence-corrected chi connectivity index (χ1v) is 11.0. The third-order valence-corrected chi connectivity index (χ3v) is 6.30. The zero-order chi connectivity index (χ0) is 19.6. The molecule has 1 N–H and O–H groups in total. The van der Waals surface area contributed by atoms with Crippen LogP contribution in [-0.2, 0) is 9.59 Å². The second kappa shape index (κ2) is 8.50. The van der Waals surface area contributed by atoms with Gasteiger partial charge in [0.2, 0.25) is 0 Å². The normalized spacial score (nSPS) is 21.7. The van der Waals surface area contributed by atoms with Gasteiger partial charge in [0.25, 0.3) is 5.91 Å². The summed E-state index contributed by atoms with van der Waals surface area (Å²) in [5, 5.41) is 9.53. The summed E-state index contributed by atoms with van der Waals surface area (Å²) in [5.74, 6) is 0.0483. The molecule has 3 rings (SSSR count). The highest BCUT2D eigenvalue weighted by Gasteiger charge is 2.40. The topological polar surface area (TPSA) is 66.8 Å². The number of carboxylic acids is 1. The molecule has 1 saturated heterocycles. The summed E-state index contributed by atoms with van der Waals surface area (Å²) >= 11 is 7.99. The number of hydrogen-bond acceptors (Lipinski definition) is 6. The molecule has 2 atom stereocenters. The molecule has 2 heterocycles. The highest BCUT2D eigenvalue weighted by molar-refractivity contribution is 8.26. The first-order chi connectivity index (χ1) is 12.9. The molecule has 0 unspecified atom stereocenters. The van der Waals surface area contributed by atoms with Crippen LogP contribution >= 0.6 is 35.7 Å². The maximum atomic E-state index is 12.9. The Balaban J connectivity index is 1.88. The lowest BCUT2D eigenvalue weighted by Gasteiger charge is -2.23. The number of amides is 1. The van der Waals surface area contributed by atoms with Crippen molar-refractivity contribution in [1.82, 2.24) is 4.90 Å². The van der Waals surface area contributed by atoms with Gasteiger partial charge in [0.15, 0.2) is 0 Å². The zero-order valence-electron chi connectivity index (χ0n) is 14.9. The molecule has 1 amide bonds. The van der Waals surface area contributed by atoms with Crippen molar-refractivity contribution in [2.45, 2.75) is 25.5 Å². The molecule has 0 spiro atoms. The molecule has 1 aromatic rings. The fraction of sp³-hybridized carbons (Fsp3) is 0.316. The van der Waals surface area contributed by atoms with Crippen molar-refractivity contribution in [1.29, 1.82) is 0 Å². The van der Waals surface area contributed by atoms with Gasteiger partial charge >= 0.3 is 5.97 Å².